The molecule has 0 atom stereocenters. The fourth-order valence-electron chi connectivity index (χ4n) is 2.59. The maximum absolute atomic E-state index is 12.5. The molecule has 0 unspecified atom stereocenters. The highest BCUT2D eigenvalue weighted by atomic mass is 79.9. The Morgan fingerprint density at radius 1 is 1.00 bits per heavy atom. The van der Waals surface area contributed by atoms with Crippen LogP contribution in [0.15, 0.2) is 39.7 Å². The molecule has 1 N–H and O–H groups in total. The lowest BCUT2D eigenvalue weighted by atomic mass is 10.1. The highest BCUT2D eigenvalue weighted by Gasteiger charge is 2.21. The predicted octanol–water partition coefficient (Wildman–Crippen LogP) is 2.92. The number of rotatable bonds is 9. The molecule has 2 rings (SSSR count). The summed E-state index contributed by atoms with van der Waals surface area (Å²) < 4.78 is 48.7. The van der Waals surface area contributed by atoms with Crippen LogP contribution in [0.25, 0.3) is 0 Å². The maximum Gasteiger partial charge on any atom is 0.264 e. The summed E-state index contributed by atoms with van der Waals surface area (Å²) in [5.41, 5.74) is 0.500. The second-order valence-corrected chi connectivity index (χ2v) is 8.30. The molecule has 0 spiro atoms. The van der Waals surface area contributed by atoms with Crippen molar-refractivity contribution in [3.05, 3.63) is 40.4 Å². The Kier molecular flexibility index (Phi) is 7.74. The van der Waals surface area contributed by atoms with Crippen LogP contribution in [0.2, 0.25) is 0 Å². The van der Waals surface area contributed by atoms with Crippen LogP contribution in [0.3, 0.4) is 0 Å². The van der Waals surface area contributed by atoms with Crippen molar-refractivity contribution in [3.8, 4) is 23.0 Å². The van der Waals surface area contributed by atoms with E-state index in [1.807, 2.05) is 6.92 Å². The summed E-state index contributed by atoms with van der Waals surface area (Å²) in [5, 5.41) is 0. The third kappa shape index (κ3) is 5.54. The summed E-state index contributed by atoms with van der Waals surface area (Å²) in [6.07, 6.45) is -0.200. The van der Waals surface area contributed by atoms with E-state index in [-0.39, 0.29) is 11.3 Å². The van der Waals surface area contributed by atoms with Gasteiger partial charge in [0.1, 0.15) is 5.75 Å². The highest BCUT2D eigenvalue weighted by molar-refractivity contribution is 9.10. The zero-order chi connectivity index (χ0) is 21.6. The largest absolute Gasteiger partial charge is 0.493 e. The molecule has 29 heavy (non-hydrogen) atoms. The first-order chi connectivity index (χ1) is 13.7. The quantitative estimate of drug-likeness (QED) is 0.580. The summed E-state index contributed by atoms with van der Waals surface area (Å²) in [4.78, 5) is 12.3. The number of sulfonamides is 1. The number of amides is 1. The van der Waals surface area contributed by atoms with Crippen LogP contribution < -0.4 is 23.7 Å². The Labute approximate surface area is 178 Å². The van der Waals surface area contributed by atoms with Gasteiger partial charge in [0.05, 0.1) is 43.7 Å². The number of ether oxygens (including phenoxy) is 4. The number of carbonyl (C=O) groups is 1. The van der Waals surface area contributed by atoms with Crippen LogP contribution in [0.4, 0.5) is 0 Å². The zero-order valence-electron chi connectivity index (χ0n) is 16.4. The Balaban J connectivity index is 2.21. The molecule has 0 bridgehead atoms. The van der Waals surface area contributed by atoms with Crippen molar-refractivity contribution in [1.29, 1.82) is 0 Å². The van der Waals surface area contributed by atoms with Gasteiger partial charge in [-0.15, -0.1) is 0 Å². The highest BCUT2D eigenvalue weighted by Crippen LogP contribution is 2.38. The van der Waals surface area contributed by atoms with Crippen LogP contribution in [0.5, 0.6) is 23.0 Å². The van der Waals surface area contributed by atoms with Gasteiger partial charge in [-0.2, -0.15) is 0 Å². The van der Waals surface area contributed by atoms with Crippen LogP contribution in [-0.4, -0.2) is 42.3 Å². The van der Waals surface area contributed by atoms with Gasteiger partial charge >= 0.3 is 0 Å². The number of carbonyl (C=O) groups excluding carboxylic acids is 1. The number of benzene rings is 2. The topological polar surface area (TPSA) is 100 Å². The molecule has 0 aromatic heterocycles. The van der Waals surface area contributed by atoms with E-state index < -0.39 is 15.9 Å². The number of nitrogens with one attached hydrogen (secondary N) is 1. The van der Waals surface area contributed by atoms with Gasteiger partial charge in [0.25, 0.3) is 10.0 Å². The molecule has 0 aliphatic rings. The van der Waals surface area contributed by atoms with Crippen LogP contribution in [0, 0.1) is 0 Å². The van der Waals surface area contributed by atoms with Crippen LogP contribution in [0.1, 0.15) is 12.5 Å². The van der Waals surface area contributed by atoms with Gasteiger partial charge in [0.15, 0.2) is 11.5 Å². The van der Waals surface area contributed by atoms with E-state index in [4.69, 9.17) is 18.9 Å². The molecule has 0 aliphatic heterocycles. The molecule has 1 amide bonds. The molecule has 0 radical (unpaired) electrons. The second kappa shape index (κ2) is 9.84. The van der Waals surface area contributed by atoms with E-state index in [1.165, 1.54) is 39.5 Å². The molecule has 0 fully saturated rings. The first-order valence-corrected chi connectivity index (χ1v) is 10.8. The number of hydrogen-bond acceptors (Lipinski definition) is 7. The van der Waals surface area contributed by atoms with Crippen molar-refractivity contribution in [2.24, 2.45) is 0 Å². The third-order valence-corrected chi connectivity index (χ3v) is 5.84. The summed E-state index contributed by atoms with van der Waals surface area (Å²) in [5.74, 6) is 0.923. The molecule has 2 aromatic carbocycles. The molecule has 8 nitrogen and oxygen atoms in total. The zero-order valence-corrected chi connectivity index (χ0v) is 18.8. The summed E-state index contributed by atoms with van der Waals surface area (Å²) in [7, 11) is 0.324. The fourth-order valence-corrected chi connectivity index (χ4v) is 4.24. The monoisotopic (exact) mass is 487 g/mol. The Morgan fingerprint density at radius 3 is 2.10 bits per heavy atom. The molecule has 0 saturated heterocycles. The first kappa shape index (κ1) is 22.8. The van der Waals surface area contributed by atoms with E-state index in [0.29, 0.717) is 39.6 Å². The van der Waals surface area contributed by atoms with Crippen molar-refractivity contribution in [1.82, 2.24) is 4.72 Å². The van der Waals surface area contributed by atoms with Crippen LogP contribution in [-0.2, 0) is 21.2 Å². The maximum atomic E-state index is 12.5. The number of hydrogen-bond donors (Lipinski definition) is 1. The summed E-state index contributed by atoms with van der Waals surface area (Å²) in [6.45, 7) is 2.26. The van der Waals surface area contributed by atoms with Gasteiger partial charge in [0, 0.05) is 0 Å². The summed E-state index contributed by atoms with van der Waals surface area (Å²) in [6, 6.07) is 7.43. The number of halogens is 1. The van der Waals surface area contributed by atoms with Gasteiger partial charge in [-0.05, 0) is 58.7 Å². The third-order valence-electron chi connectivity index (χ3n) is 3.85. The molecule has 10 heteroatoms. The fraction of sp³-hybridized carbons (Fsp3) is 0.316. The lowest BCUT2D eigenvalue weighted by Crippen LogP contribution is -2.31. The van der Waals surface area contributed by atoms with Crippen molar-refractivity contribution >= 4 is 31.9 Å². The molecule has 2 aromatic rings. The molecule has 0 saturated carbocycles. The minimum absolute atomic E-state index is 0.0638. The van der Waals surface area contributed by atoms with Gasteiger partial charge in [-0.1, -0.05) is 0 Å². The van der Waals surface area contributed by atoms with E-state index in [9.17, 15) is 13.2 Å². The smallest absolute Gasteiger partial charge is 0.264 e. The Hall–Kier alpha value is -2.46. The van der Waals surface area contributed by atoms with Gasteiger partial charge in [0.2, 0.25) is 11.7 Å². The Morgan fingerprint density at radius 2 is 1.62 bits per heavy atom. The molecular formula is C19H22BrNO7S. The van der Waals surface area contributed by atoms with E-state index >= 15 is 0 Å². The summed E-state index contributed by atoms with van der Waals surface area (Å²) >= 11 is 3.26. The normalized spacial score (nSPS) is 10.9. The van der Waals surface area contributed by atoms with Gasteiger partial charge in [-0.3, -0.25) is 4.79 Å². The van der Waals surface area contributed by atoms with Crippen molar-refractivity contribution in [2.45, 2.75) is 18.2 Å². The lowest BCUT2D eigenvalue weighted by molar-refractivity contribution is -0.118. The van der Waals surface area contributed by atoms with Crippen LogP contribution >= 0.6 is 15.9 Å². The predicted molar refractivity (Wildman–Crippen MR) is 110 cm³/mol. The minimum Gasteiger partial charge on any atom is -0.493 e. The Bertz CT molecular complexity index is 967. The van der Waals surface area contributed by atoms with E-state index in [0.717, 1.165) is 0 Å². The standard InChI is InChI=1S/C19H22BrNO7S/c1-5-28-15-7-6-13(11-14(15)20)29(23,24)21-18(22)10-12-8-16(25-2)19(27-4)17(9-12)26-3/h6-9,11H,5,10H2,1-4H3,(H,21,22). The van der Waals surface area contributed by atoms with E-state index in [2.05, 4.69) is 20.7 Å². The first-order valence-electron chi connectivity index (χ1n) is 8.52. The van der Waals surface area contributed by atoms with Crippen molar-refractivity contribution < 1.29 is 32.2 Å². The van der Waals surface area contributed by atoms with Gasteiger partial charge in [-0.25, -0.2) is 13.1 Å². The molecule has 0 aliphatic carbocycles. The van der Waals surface area contributed by atoms with Crippen molar-refractivity contribution in [2.75, 3.05) is 27.9 Å². The average molecular weight is 488 g/mol. The molecule has 158 valence electrons. The van der Waals surface area contributed by atoms with Crippen molar-refractivity contribution in [3.63, 3.8) is 0 Å². The van der Waals surface area contributed by atoms with Gasteiger partial charge < -0.3 is 18.9 Å². The average Bonchev–Trinajstić information content (AvgIpc) is 2.68. The number of methoxy groups -OCH3 is 3. The second-order valence-electron chi connectivity index (χ2n) is 5.76. The SMILES string of the molecule is CCOc1ccc(S(=O)(=O)NC(=O)Cc2cc(OC)c(OC)c(OC)c2)cc1Br. The lowest BCUT2D eigenvalue weighted by Gasteiger charge is -2.14. The molecular weight excluding hydrogens is 466 g/mol. The minimum atomic E-state index is -4.05. The van der Waals surface area contributed by atoms with E-state index in [1.54, 1.807) is 12.1 Å². The molecule has 0 heterocycles.